The molecule has 18 heavy (non-hydrogen) atoms. The lowest BCUT2D eigenvalue weighted by Gasteiger charge is -1.99. The first-order chi connectivity index (χ1) is 8.77. The maximum atomic E-state index is 11.6. The van der Waals surface area contributed by atoms with Gasteiger partial charge in [0, 0.05) is 0 Å². The molecule has 0 aliphatic carbocycles. The van der Waals surface area contributed by atoms with Crippen molar-refractivity contribution in [2.24, 2.45) is 0 Å². The summed E-state index contributed by atoms with van der Waals surface area (Å²) >= 11 is 0. The van der Waals surface area contributed by atoms with Crippen LogP contribution in [0.1, 0.15) is 21.7 Å². The monoisotopic (exact) mass is 243 g/mol. The van der Waals surface area contributed by atoms with Crippen molar-refractivity contribution in [3.63, 3.8) is 0 Å². The summed E-state index contributed by atoms with van der Waals surface area (Å²) in [4.78, 5) is 11.6. The summed E-state index contributed by atoms with van der Waals surface area (Å²) in [5.41, 5.74) is 1.43. The minimum Gasteiger partial charge on any atom is -0.458 e. The Bertz CT molecular complexity index is 543. The van der Waals surface area contributed by atoms with Crippen LogP contribution in [0.15, 0.2) is 47.1 Å². The molecule has 1 aromatic carbocycles. The van der Waals surface area contributed by atoms with Gasteiger partial charge in [0.1, 0.15) is 17.9 Å². The summed E-state index contributed by atoms with van der Waals surface area (Å²) in [5, 5.41) is 3.52. The van der Waals surface area contributed by atoms with E-state index in [2.05, 4.69) is 5.16 Å². The van der Waals surface area contributed by atoms with Crippen molar-refractivity contribution >= 4 is 12.0 Å². The number of aryl methyl sites for hydroxylation is 1. The van der Waals surface area contributed by atoms with Gasteiger partial charge in [0.15, 0.2) is 0 Å². The molecule has 0 amide bonds. The molecule has 1 heterocycles. The first-order valence-electron chi connectivity index (χ1n) is 5.57. The van der Waals surface area contributed by atoms with Crippen LogP contribution in [0, 0.1) is 6.92 Å². The number of aromatic nitrogens is 1. The van der Waals surface area contributed by atoms with Gasteiger partial charge in [-0.3, -0.25) is 0 Å². The third kappa shape index (κ3) is 3.07. The van der Waals surface area contributed by atoms with Gasteiger partial charge in [-0.05, 0) is 18.6 Å². The molecule has 1 aromatic heterocycles. The average Bonchev–Trinajstić information content (AvgIpc) is 2.82. The van der Waals surface area contributed by atoms with Gasteiger partial charge in [0.25, 0.3) is 0 Å². The highest BCUT2D eigenvalue weighted by atomic mass is 16.5. The van der Waals surface area contributed by atoms with Crippen LogP contribution in [-0.2, 0) is 4.74 Å². The highest BCUT2D eigenvalue weighted by molar-refractivity contribution is 5.90. The maximum Gasteiger partial charge on any atom is 0.343 e. The first kappa shape index (κ1) is 12.1. The average molecular weight is 243 g/mol. The fraction of sp³-hybridized carbons (Fsp3) is 0.143. The minimum absolute atomic E-state index is 0.221. The minimum atomic E-state index is -0.425. The van der Waals surface area contributed by atoms with Crippen LogP contribution in [-0.4, -0.2) is 17.7 Å². The molecule has 0 bridgehead atoms. The van der Waals surface area contributed by atoms with Gasteiger partial charge in [-0.2, -0.15) is 0 Å². The van der Waals surface area contributed by atoms with Crippen LogP contribution in [0.2, 0.25) is 0 Å². The molecular weight excluding hydrogens is 230 g/mol. The van der Waals surface area contributed by atoms with Gasteiger partial charge in [0.05, 0.1) is 6.20 Å². The maximum absolute atomic E-state index is 11.6. The second-order valence-corrected chi connectivity index (χ2v) is 3.71. The van der Waals surface area contributed by atoms with E-state index >= 15 is 0 Å². The van der Waals surface area contributed by atoms with E-state index < -0.39 is 5.97 Å². The van der Waals surface area contributed by atoms with Gasteiger partial charge in [0.2, 0.25) is 0 Å². The van der Waals surface area contributed by atoms with E-state index in [4.69, 9.17) is 9.26 Å². The molecule has 92 valence electrons. The van der Waals surface area contributed by atoms with Crippen LogP contribution >= 0.6 is 0 Å². The second kappa shape index (κ2) is 5.82. The van der Waals surface area contributed by atoms with Crippen molar-refractivity contribution in [1.82, 2.24) is 5.16 Å². The first-order valence-corrected chi connectivity index (χ1v) is 5.57. The van der Waals surface area contributed by atoms with E-state index in [-0.39, 0.29) is 6.61 Å². The Hall–Kier alpha value is -2.36. The smallest absolute Gasteiger partial charge is 0.343 e. The van der Waals surface area contributed by atoms with E-state index in [9.17, 15) is 4.79 Å². The fourth-order valence-corrected chi connectivity index (χ4v) is 1.44. The van der Waals surface area contributed by atoms with Gasteiger partial charge >= 0.3 is 5.97 Å². The van der Waals surface area contributed by atoms with Crippen LogP contribution in [0.4, 0.5) is 0 Å². The predicted octanol–water partition coefficient (Wildman–Crippen LogP) is 2.85. The molecule has 4 nitrogen and oxygen atoms in total. The van der Waals surface area contributed by atoms with E-state index in [0.29, 0.717) is 11.3 Å². The standard InChI is InChI=1S/C14H13NO3/c1-11-13(10-15-18-11)14(16)17-9-5-8-12-6-3-2-4-7-12/h2-8,10H,9H2,1H3/b8-5+. The molecule has 0 aliphatic rings. The number of carbonyl (C=O) groups is 1. The number of carbonyl (C=O) groups excluding carboxylic acids is 1. The third-order valence-electron chi connectivity index (χ3n) is 2.39. The van der Waals surface area contributed by atoms with Crippen LogP contribution in [0.5, 0.6) is 0 Å². The summed E-state index contributed by atoms with van der Waals surface area (Å²) in [7, 11) is 0. The van der Waals surface area contributed by atoms with Gasteiger partial charge in [-0.1, -0.05) is 41.6 Å². The van der Waals surface area contributed by atoms with E-state index in [1.165, 1.54) is 6.20 Å². The largest absolute Gasteiger partial charge is 0.458 e. The van der Waals surface area contributed by atoms with Crippen molar-refractivity contribution in [3.8, 4) is 0 Å². The Morgan fingerprint density at radius 3 is 2.83 bits per heavy atom. The zero-order valence-corrected chi connectivity index (χ0v) is 10.00. The van der Waals surface area contributed by atoms with Crippen molar-refractivity contribution < 1.29 is 14.1 Å². The molecular formula is C14H13NO3. The van der Waals surface area contributed by atoms with Crippen LogP contribution in [0.25, 0.3) is 6.08 Å². The molecule has 0 radical (unpaired) electrons. The molecule has 0 fully saturated rings. The van der Waals surface area contributed by atoms with E-state index in [1.54, 1.807) is 13.0 Å². The number of rotatable bonds is 4. The van der Waals surface area contributed by atoms with Crippen LogP contribution < -0.4 is 0 Å². The number of ether oxygens (including phenoxy) is 1. The highest BCUT2D eigenvalue weighted by Crippen LogP contribution is 2.07. The second-order valence-electron chi connectivity index (χ2n) is 3.71. The Kier molecular flexibility index (Phi) is 3.91. The molecule has 0 N–H and O–H groups in total. The summed E-state index contributed by atoms with van der Waals surface area (Å²) in [6, 6.07) is 9.80. The number of esters is 1. The zero-order chi connectivity index (χ0) is 12.8. The quantitative estimate of drug-likeness (QED) is 0.775. The third-order valence-corrected chi connectivity index (χ3v) is 2.39. The predicted molar refractivity (Wildman–Crippen MR) is 67.0 cm³/mol. The lowest BCUT2D eigenvalue weighted by atomic mass is 10.2. The molecule has 0 saturated heterocycles. The lowest BCUT2D eigenvalue weighted by Crippen LogP contribution is -2.05. The number of hydrogen-bond acceptors (Lipinski definition) is 4. The molecule has 2 rings (SSSR count). The number of nitrogens with zero attached hydrogens (tertiary/aromatic N) is 1. The van der Waals surface area contributed by atoms with Gasteiger partial charge < -0.3 is 9.26 Å². The summed E-state index contributed by atoms with van der Waals surface area (Å²) in [6.45, 7) is 1.89. The normalized spacial score (nSPS) is 10.7. The molecule has 4 heteroatoms. The zero-order valence-electron chi connectivity index (χ0n) is 10.00. The van der Waals surface area contributed by atoms with Crippen molar-refractivity contribution in [3.05, 3.63) is 59.5 Å². The molecule has 0 unspecified atom stereocenters. The molecule has 0 aliphatic heterocycles. The van der Waals surface area contributed by atoms with Gasteiger partial charge in [-0.15, -0.1) is 0 Å². The highest BCUT2D eigenvalue weighted by Gasteiger charge is 2.13. The topological polar surface area (TPSA) is 52.3 Å². The molecule has 0 atom stereocenters. The van der Waals surface area contributed by atoms with Crippen molar-refractivity contribution in [2.75, 3.05) is 6.61 Å². The van der Waals surface area contributed by atoms with Crippen LogP contribution in [0.3, 0.4) is 0 Å². The Balaban J connectivity index is 1.84. The van der Waals surface area contributed by atoms with E-state index in [1.807, 2.05) is 36.4 Å². The van der Waals surface area contributed by atoms with Gasteiger partial charge in [-0.25, -0.2) is 4.79 Å². The SMILES string of the molecule is Cc1oncc1C(=O)OC/C=C/c1ccccc1. The number of hydrogen-bond donors (Lipinski definition) is 0. The Morgan fingerprint density at radius 2 is 2.17 bits per heavy atom. The summed E-state index contributed by atoms with van der Waals surface area (Å²) in [5.74, 6) is 0.0403. The summed E-state index contributed by atoms with van der Waals surface area (Å²) < 4.78 is 9.86. The molecule has 0 spiro atoms. The lowest BCUT2D eigenvalue weighted by molar-refractivity contribution is 0.0548. The Morgan fingerprint density at radius 1 is 1.39 bits per heavy atom. The van der Waals surface area contributed by atoms with E-state index in [0.717, 1.165) is 5.56 Å². The molecule has 0 saturated carbocycles. The van der Waals surface area contributed by atoms with Crippen molar-refractivity contribution in [1.29, 1.82) is 0 Å². The number of benzene rings is 1. The Labute approximate surface area is 105 Å². The van der Waals surface area contributed by atoms with Crippen molar-refractivity contribution in [2.45, 2.75) is 6.92 Å². The summed E-state index contributed by atoms with van der Waals surface area (Å²) in [6.07, 6.45) is 5.04. The fourth-order valence-electron chi connectivity index (χ4n) is 1.44. The molecule has 2 aromatic rings.